The van der Waals surface area contributed by atoms with Gasteiger partial charge in [-0.15, -0.1) is 4.58 Å². The van der Waals surface area contributed by atoms with Gasteiger partial charge in [0, 0.05) is 24.6 Å². The molecule has 7 nitrogen and oxygen atoms in total. The van der Waals surface area contributed by atoms with Crippen molar-refractivity contribution >= 4 is 33.5 Å². The Hall–Kier alpha value is -2.09. The molecule has 3 rings (SSSR count). The average molecular weight is 426 g/mol. The lowest BCUT2D eigenvalue weighted by Gasteiger charge is -2.32. The van der Waals surface area contributed by atoms with E-state index in [4.69, 9.17) is 14.2 Å². The van der Waals surface area contributed by atoms with Crippen molar-refractivity contribution in [2.75, 3.05) is 40.3 Å². The minimum absolute atomic E-state index is 0.0591. The summed E-state index contributed by atoms with van der Waals surface area (Å²) in [5.74, 6) is 1.57. The van der Waals surface area contributed by atoms with Crippen molar-refractivity contribution < 1.29 is 28.4 Å². The van der Waals surface area contributed by atoms with Gasteiger partial charge >= 0.3 is 5.91 Å². The Morgan fingerprint density at radius 1 is 1.12 bits per heavy atom. The van der Waals surface area contributed by atoms with Gasteiger partial charge in [0.05, 0.1) is 32.2 Å². The third-order valence-electron chi connectivity index (χ3n) is 5.02. The van der Waals surface area contributed by atoms with Crippen LogP contribution in [0.4, 0.5) is 0 Å². The Morgan fingerprint density at radius 3 is 2.27 bits per heavy atom. The molecule has 1 saturated heterocycles. The van der Waals surface area contributed by atoms with E-state index in [1.165, 1.54) is 4.90 Å². The summed E-state index contributed by atoms with van der Waals surface area (Å²) in [6, 6.07) is -0.576. The minimum Gasteiger partial charge on any atom is -0.496 e. The van der Waals surface area contributed by atoms with Gasteiger partial charge in [-0.25, -0.2) is 4.79 Å². The molecule has 0 spiro atoms. The Bertz CT molecular complexity index is 834. The normalized spacial score (nSPS) is 19.3. The van der Waals surface area contributed by atoms with E-state index in [2.05, 4.69) is 15.9 Å². The molecule has 8 heteroatoms. The Balaban J connectivity index is 2.41. The molecule has 1 fully saturated rings. The van der Waals surface area contributed by atoms with Gasteiger partial charge in [0.2, 0.25) is 11.8 Å². The number of alkyl halides is 1. The summed E-state index contributed by atoms with van der Waals surface area (Å²) in [6.07, 6.45) is 0.366. The fourth-order valence-electron chi connectivity index (χ4n) is 3.94. The number of piperazine rings is 1. The van der Waals surface area contributed by atoms with Crippen molar-refractivity contribution in [1.82, 2.24) is 4.90 Å². The molecule has 1 aromatic carbocycles. The number of ether oxygens (including phenoxy) is 3. The molecule has 2 heterocycles. The van der Waals surface area contributed by atoms with E-state index in [1.54, 1.807) is 33.0 Å². The van der Waals surface area contributed by atoms with Crippen LogP contribution >= 0.6 is 15.9 Å². The predicted octanol–water partition coefficient (Wildman–Crippen LogP) is 1.14. The lowest BCUT2D eigenvalue weighted by molar-refractivity contribution is -0.484. The number of rotatable bonds is 4. The SMILES string of the molecule is COc1c(C)c(OC)c(OC)c2c1C[C@H]1C(=O)N(C)CC(=O)[N+]1=C2CBr. The molecule has 0 unspecified atom stereocenters. The monoisotopic (exact) mass is 425 g/mol. The molecule has 0 aromatic heterocycles. The van der Waals surface area contributed by atoms with Gasteiger partial charge in [-0.3, -0.25) is 4.79 Å². The highest BCUT2D eigenvalue weighted by atomic mass is 79.9. The molecular formula is C18H22BrN2O5+. The molecule has 140 valence electrons. The average Bonchev–Trinajstić information content (AvgIpc) is 2.63. The number of halogens is 1. The van der Waals surface area contributed by atoms with Crippen LogP contribution in [-0.2, 0) is 16.0 Å². The number of carbonyl (C=O) groups excluding carboxylic acids is 2. The molecule has 0 radical (unpaired) electrons. The summed E-state index contributed by atoms with van der Waals surface area (Å²) >= 11 is 3.49. The van der Waals surface area contributed by atoms with E-state index in [-0.39, 0.29) is 18.4 Å². The van der Waals surface area contributed by atoms with Gasteiger partial charge in [-0.05, 0) is 6.92 Å². The lowest BCUT2D eigenvalue weighted by Crippen LogP contribution is -2.59. The summed E-state index contributed by atoms with van der Waals surface area (Å²) in [7, 11) is 6.38. The second-order valence-corrected chi connectivity index (χ2v) is 6.90. The van der Waals surface area contributed by atoms with Crippen molar-refractivity contribution in [3.63, 3.8) is 0 Å². The molecule has 2 aliphatic rings. The van der Waals surface area contributed by atoms with Gasteiger partial charge in [0.25, 0.3) is 5.91 Å². The highest BCUT2D eigenvalue weighted by Gasteiger charge is 2.50. The van der Waals surface area contributed by atoms with Crippen LogP contribution in [0.1, 0.15) is 16.7 Å². The highest BCUT2D eigenvalue weighted by Crippen LogP contribution is 2.46. The number of methoxy groups -OCH3 is 3. The van der Waals surface area contributed by atoms with Crippen LogP contribution in [0.2, 0.25) is 0 Å². The first-order valence-electron chi connectivity index (χ1n) is 8.21. The molecule has 0 aliphatic carbocycles. The van der Waals surface area contributed by atoms with E-state index in [1.807, 2.05) is 6.92 Å². The number of benzene rings is 1. The quantitative estimate of drug-likeness (QED) is 0.534. The number of carbonyl (C=O) groups is 2. The van der Waals surface area contributed by atoms with E-state index < -0.39 is 6.04 Å². The summed E-state index contributed by atoms with van der Waals surface area (Å²) in [5, 5.41) is 0.394. The Kier molecular flexibility index (Phi) is 4.96. The summed E-state index contributed by atoms with van der Waals surface area (Å²) < 4.78 is 18.5. The molecule has 1 aromatic rings. The Morgan fingerprint density at radius 2 is 1.73 bits per heavy atom. The van der Waals surface area contributed by atoms with Crippen LogP contribution in [0, 0.1) is 6.92 Å². The number of hydrogen-bond acceptors (Lipinski definition) is 5. The van der Waals surface area contributed by atoms with E-state index >= 15 is 0 Å². The second-order valence-electron chi connectivity index (χ2n) is 6.34. The molecule has 26 heavy (non-hydrogen) atoms. The van der Waals surface area contributed by atoms with Crippen LogP contribution in [0.15, 0.2) is 0 Å². The van der Waals surface area contributed by atoms with Crippen LogP contribution in [0.5, 0.6) is 17.2 Å². The van der Waals surface area contributed by atoms with Crippen LogP contribution in [-0.4, -0.2) is 73.3 Å². The number of fused-ring (bicyclic) bond motifs is 2. The van der Waals surface area contributed by atoms with E-state index in [0.29, 0.717) is 34.7 Å². The largest absolute Gasteiger partial charge is 0.496 e. The number of amides is 2. The standard InChI is InChI=1S/C18H22BrN2O5/c1-9-15(24-3)10-6-11-18(23)20(2)8-13(22)21(11)12(7-19)14(10)17(26-5)16(9)25-4/h11H,6-8H2,1-5H3/q+1/t11-/m0/s1. The molecule has 0 N–H and O–H groups in total. The molecule has 0 saturated carbocycles. The fraction of sp³-hybridized carbons (Fsp3) is 0.500. The molecule has 2 aliphatic heterocycles. The van der Waals surface area contributed by atoms with Crippen LogP contribution in [0.3, 0.4) is 0 Å². The summed E-state index contributed by atoms with van der Waals surface area (Å²) in [6.45, 7) is 1.95. The molecular weight excluding hydrogens is 404 g/mol. The predicted molar refractivity (Wildman–Crippen MR) is 99.1 cm³/mol. The van der Waals surface area contributed by atoms with Crippen LogP contribution in [0.25, 0.3) is 0 Å². The van der Waals surface area contributed by atoms with Crippen molar-refractivity contribution in [2.24, 2.45) is 0 Å². The first kappa shape index (κ1) is 18.7. The Labute approximate surface area is 160 Å². The lowest BCUT2D eigenvalue weighted by atomic mass is 9.87. The smallest absolute Gasteiger partial charge is 0.407 e. The third kappa shape index (κ3) is 2.50. The highest BCUT2D eigenvalue weighted by molar-refractivity contribution is 9.09. The zero-order valence-corrected chi connectivity index (χ0v) is 17.1. The topological polar surface area (TPSA) is 68.1 Å². The van der Waals surface area contributed by atoms with Gasteiger partial charge in [-0.2, -0.15) is 0 Å². The maximum atomic E-state index is 12.7. The van der Waals surface area contributed by atoms with Gasteiger partial charge in [-0.1, -0.05) is 15.9 Å². The number of likely N-dealkylation sites (N-methyl/N-ethyl adjacent to an activating group) is 1. The van der Waals surface area contributed by atoms with Gasteiger partial charge < -0.3 is 19.1 Å². The van der Waals surface area contributed by atoms with Crippen molar-refractivity contribution in [1.29, 1.82) is 0 Å². The van der Waals surface area contributed by atoms with Crippen LogP contribution < -0.4 is 14.2 Å². The zero-order chi connectivity index (χ0) is 19.2. The first-order valence-corrected chi connectivity index (χ1v) is 9.33. The van der Waals surface area contributed by atoms with Gasteiger partial charge in [0.15, 0.2) is 11.5 Å². The van der Waals surface area contributed by atoms with Gasteiger partial charge in [0.1, 0.15) is 12.3 Å². The first-order chi connectivity index (χ1) is 12.4. The molecule has 0 bridgehead atoms. The minimum atomic E-state index is -0.576. The molecule has 1 atom stereocenters. The summed E-state index contributed by atoms with van der Waals surface area (Å²) in [4.78, 5) is 26.9. The second kappa shape index (κ2) is 6.90. The number of nitrogens with zero attached hydrogens (tertiary/aromatic N) is 2. The maximum absolute atomic E-state index is 12.7. The zero-order valence-electron chi connectivity index (χ0n) is 15.5. The van der Waals surface area contributed by atoms with Crippen molar-refractivity contribution in [2.45, 2.75) is 19.4 Å². The molecule has 2 amide bonds. The fourth-order valence-corrected chi connectivity index (χ4v) is 4.49. The van der Waals surface area contributed by atoms with Crippen molar-refractivity contribution in [3.8, 4) is 17.2 Å². The van der Waals surface area contributed by atoms with Crippen molar-refractivity contribution in [3.05, 3.63) is 16.7 Å². The summed E-state index contributed by atoms with van der Waals surface area (Å²) in [5.41, 5.74) is 3.10. The van der Waals surface area contributed by atoms with E-state index in [0.717, 1.165) is 16.7 Å². The third-order valence-corrected chi connectivity index (χ3v) is 5.55. The number of hydrogen-bond donors (Lipinski definition) is 0. The maximum Gasteiger partial charge on any atom is 0.407 e. The van der Waals surface area contributed by atoms with E-state index in [9.17, 15) is 9.59 Å².